The Hall–Kier alpha value is -0.800. The van der Waals surface area contributed by atoms with E-state index in [4.69, 9.17) is 4.42 Å². The van der Waals surface area contributed by atoms with Crippen molar-refractivity contribution in [3.05, 3.63) is 23.2 Å². The smallest absolute Gasteiger partial charge is 0.118 e. The third-order valence-electron chi connectivity index (χ3n) is 4.36. The van der Waals surface area contributed by atoms with Crippen molar-refractivity contribution >= 4 is 0 Å². The van der Waals surface area contributed by atoms with E-state index in [0.717, 1.165) is 37.6 Å². The Kier molecular flexibility index (Phi) is 6.11. The molecule has 1 saturated heterocycles. The first kappa shape index (κ1) is 15.6. The Morgan fingerprint density at radius 3 is 3.00 bits per heavy atom. The first-order valence-corrected chi connectivity index (χ1v) is 8.23. The molecule has 0 aliphatic carbocycles. The van der Waals surface area contributed by atoms with Gasteiger partial charge in [-0.25, -0.2) is 0 Å². The molecule has 3 nitrogen and oxygen atoms in total. The van der Waals surface area contributed by atoms with E-state index >= 15 is 0 Å². The van der Waals surface area contributed by atoms with Crippen LogP contribution in [-0.2, 0) is 13.1 Å². The van der Waals surface area contributed by atoms with Gasteiger partial charge in [-0.05, 0) is 52.3 Å². The van der Waals surface area contributed by atoms with Crippen molar-refractivity contribution in [3.63, 3.8) is 0 Å². The lowest BCUT2D eigenvalue weighted by atomic mass is 10.1. The lowest BCUT2D eigenvalue weighted by Crippen LogP contribution is -2.32. The topological polar surface area (TPSA) is 28.4 Å². The van der Waals surface area contributed by atoms with Gasteiger partial charge in [0.15, 0.2) is 0 Å². The molecule has 1 aromatic heterocycles. The molecule has 0 radical (unpaired) electrons. The van der Waals surface area contributed by atoms with Crippen molar-refractivity contribution in [2.45, 2.75) is 72.0 Å². The molecular formula is C17H30N2O. The summed E-state index contributed by atoms with van der Waals surface area (Å²) in [7, 11) is 0. The molecule has 1 N–H and O–H groups in total. The Morgan fingerprint density at radius 2 is 2.20 bits per heavy atom. The fourth-order valence-corrected chi connectivity index (χ4v) is 3.01. The van der Waals surface area contributed by atoms with Gasteiger partial charge in [0.25, 0.3) is 0 Å². The summed E-state index contributed by atoms with van der Waals surface area (Å²) in [5, 5.41) is 3.41. The summed E-state index contributed by atoms with van der Waals surface area (Å²) in [5.41, 5.74) is 1.37. The van der Waals surface area contributed by atoms with Gasteiger partial charge in [0.1, 0.15) is 11.5 Å². The summed E-state index contributed by atoms with van der Waals surface area (Å²) in [4.78, 5) is 2.62. The zero-order valence-corrected chi connectivity index (χ0v) is 13.4. The van der Waals surface area contributed by atoms with Crippen LogP contribution in [0.25, 0.3) is 0 Å². The predicted molar refractivity (Wildman–Crippen MR) is 83.8 cm³/mol. The molecule has 0 bridgehead atoms. The third kappa shape index (κ3) is 4.35. The number of nitrogens with zero attached hydrogens (tertiary/aromatic N) is 1. The maximum absolute atomic E-state index is 5.88. The van der Waals surface area contributed by atoms with Gasteiger partial charge in [0.05, 0.1) is 6.54 Å². The molecule has 1 fully saturated rings. The fourth-order valence-electron chi connectivity index (χ4n) is 3.01. The first-order valence-electron chi connectivity index (χ1n) is 8.23. The largest absolute Gasteiger partial charge is 0.465 e. The molecule has 0 spiro atoms. The Bertz CT molecular complexity index is 400. The average molecular weight is 278 g/mol. The summed E-state index contributed by atoms with van der Waals surface area (Å²) in [6.07, 6.45) is 6.61. The van der Waals surface area contributed by atoms with Gasteiger partial charge in [-0.1, -0.05) is 19.8 Å². The van der Waals surface area contributed by atoms with E-state index < -0.39 is 0 Å². The molecule has 0 amide bonds. The SMILES string of the molecule is CCCNCc1cc(CN2CCCCCC2C)c(C)o1. The summed E-state index contributed by atoms with van der Waals surface area (Å²) in [5.74, 6) is 2.17. The lowest BCUT2D eigenvalue weighted by Gasteiger charge is -2.26. The van der Waals surface area contributed by atoms with Gasteiger partial charge in [0, 0.05) is 18.2 Å². The zero-order valence-electron chi connectivity index (χ0n) is 13.4. The molecule has 2 heterocycles. The molecule has 0 aromatic carbocycles. The highest BCUT2D eigenvalue weighted by atomic mass is 16.3. The van der Waals surface area contributed by atoms with Crippen LogP contribution in [0, 0.1) is 6.92 Å². The van der Waals surface area contributed by atoms with Gasteiger partial charge >= 0.3 is 0 Å². The van der Waals surface area contributed by atoms with E-state index in [1.807, 2.05) is 0 Å². The minimum absolute atomic E-state index is 0.702. The van der Waals surface area contributed by atoms with Crippen molar-refractivity contribution in [1.29, 1.82) is 0 Å². The van der Waals surface area contributed by atoms with Crippen molar-refractivity contribution in [1.82, 2.24) is 10.2 Å². The van der Waals surface area contributed by atoms with E-state index in [-0.39, 0.29) is 0 Å². The van der Waals surface area contributed by atoms with Gasteiger partial charge in [-0.2, -0.15) is 0 Å². The zero-order chi connectivity index (χ0) is 14.4. The highest BCUT2D eigenvalue weighted by Gasteiger charge is 2.19. The van der Waals surface area contributed by atoms with Crippen LogP contribution in [0.3, 0.4) is 0 Å². The van der Waals surface area contributed by atoms with E-state index in [2.05, 4.69) is 37.1 Å². The summed E-state index contributed by atoms with van der Waals surface area (Å²) in [6.45, 7) is 10.8. The van der Waals surface area contributed by atoms with Crippen LogP contribution in [0.2, 0.25) is 0 Å². The average Bonchev–Trinajstić information content (AvgIpc) is 2.64. The Morgan fingerprint density at radius 1 is 1.35 bits per heavy atom. The molecule has 3 heteroatoms. The van der Waals surface area contributed by atoms with Crippen LogP contribution in [-0.4, -0.2) is 24.0 Å². The summed E-state index contributed by atoms with van der Waals surface area (Å²) < 4.78 is 5.88. The first-order chi connectivity index (χ1) is 9.70. The van der Waals surface area contributed by atoms with Crippen molar-refractivity contribution in [3.8, 4) is 0 Å². The summed E-state index contributed by atoms with van der Waals surface area (Å²) >= 11 is 0. The van der Waals surface area contributed by atoms with Crippen LogP contribution >= 0.6 is 0 Å². The minimum Gasteiger partial charge on any atom is -0.465 e. The molecular weight excluding hydrogens is 248 g/mol. The number of likely N-dealkylation sites (tertiary alicyclic amines) is 1. The molecule has 20 heavy (non-hydrogen) atoms. The highest BCUT2D eigenvalue weighted by Crippen LogP contribution is 2.22. The Balaban J connectivity index is 1.94. The maximum atomic E-state index is 5.88. The van der Waals surface area contributed by atoms with E-state index in [9.17, 15) is 0 Å². The maximum Gasteiger partial charge on any atom is 0.118 e. The van der Waals surface area contributed by atoms with Gasteiger partial charge in [0.2, 0.25) is 0 Å². The number of furan rings is 1. The van der Waals surface area contributed by atoms with Crippen LogP contribution in [0.5, 0.6) is 0 Å². The second-order valence-electron chi connectivity index (χ2n) is 6.14. The fraction of sp³-hybridized carbons (Fsp3) is 0.765. The van der Waals surface area contributed by atoms with Crippen LogP contribution in [0.4, 0.5) is 0 Å². The number of nitrogens with one attached hydrogen (secondary N) is 1. The summed E-state index contributed by atoms with van der Waals surface area (Å²) in [6, 6.07) is 2.95. The molecule has 1 atom stereocenters. The van der Waals surface area contributed by atoms with E-state index in [1.54, 1.807) is 0 Å². The molecule has 1 unspecified atom stereocenters. The number of rotatable bonds is 6. The van der Waals surface area contributed by atoms with E-state index in [1.165, 1.54) is 37.8 Å². The van der Waals surface area contributed by atoms with Crippen LogP contribution < -0.4 is 5.32 Å². The normalized spacial score (nSPS) is 21.1. The Labute approximate surface area is 123 Å². The van der Waals surface area contributed by atoms with Gasteiger partial charge in [-0.3, -0.25) is 4.90 Å². The third-order valence-corrected chi connectivity index (χ3v) is 4.36. The molecule has 1 aromatic rings. The second-order valence-corrected chi connectivity index (χ2v) is 6.14. The predicted octanol–water partition coefficient (Wildman–Crippen LogP) is 3.85. The van der Waals surface area contributed by atoms with Gasteiger partial charge in [-0.15, -0.1) is 0 Å². The quantitative estimate of drug-likeness (QED) is 0.801. The molecule has 2 rings (SSSR count). The molecule has 1 aliphatic rings. The van der Waals surface area contributed by atoms with Crippen molar-refractivity contribution in [2.75, 3.05) is 13.1 Å². The van der Waals surface area contributed by atoms with Crippen LogP contribution in [0.1, 0.15) is 63.0 Å². The molecule has 0 saturated carbocycles. The van der Waals surface area contributed by atoms with Gasteiger partial charge < -0.3 is 9.73 Å². The second kappa shape index (κ2) is 7.84. The molecule has 114 valence electrons. The number of aryl methyl sites for hydroxylation is 1. The standard InChI is InChI=1S/C17H30N2O/c1-4-9-18-12-17-11-16(15(3)20-17)13-19-10-7-5-6-8-14(19)2/h11,14,18H,4-10,12-13H2,1-3H3. The highest BCUT2D eigenvalue weighted by molar-refractivity contribution is 5.21. The minimum atomic E-state index is 0.702. The lowest BCUT2D eigenvalue weighted by molar-refractivity contribution is 0.204. The number of hydrogen-bond acceptors (Lipinski definition) is 3. The van der Waals surface area contributed by atoms with Crippen molar-refractivity contribution in [2.24, 2.45) is 0 Å². The van der Waals surface area contributed by atoms with E-state index in [0.29, 0.717) is 6.04 Å². The molecule has 1 aliphatic heterocycles. The van der Waals surface area contributed by atoms with Crippen LogP contribution in [0.15, 0.2) is 10.5 Å². The monoisotopic (exact) mass is 278 g/mol. The van der Waals surface area contributed by atoms with Crippen molar-refractivity contribution < 1.29 is 4.42 Å². The number of hydrogen-bond donors (Lipinski definition) is 1.